The molecule has 0 aliphatic carbocycles. The van der Waals surface area contributed by atoms with Crippen molar-refractivity contribution in [1.29, 1.82) is 0 Å². The smallest absolute Gasteiger partial charge is 0.290 e. The Balaban J connectivity index is 1.76. The summed E-state index contributed by atoms with van der Waals surface area (Å²) in [7, 11) is 1.57. The number of aromatic nitrogens is 2. The van der Waals surface area contributed by atoms with Crippen LogP contribution in [0.25, 0.3) is 10.8 Å². The van der Waals surface area contributed by atoms with Gasteiger partial charge in [-0.25, -0.2) is 4.68 Å². The zero-order valence-corrected chi connectivity index (χ0v) is 16.9. The summed E-state index contributed by atoms with van der Waals surface area (Å²) in [4.78, 5) is 25.3. The molecule has 0 fully saturated rings. The molecule has 0 unspecified atom stereocenters. The Morgan fingerprint density at radius 3 is 2.62 bits per heavy atom. The van der Waals surface area contributed by atoms with Crippen LogP contribution in [0.3, 0.4) is 0 Å². The maximum absolute atomic E-state index is 12.7. The summed E-state index contributed by atoms with van der Waals surface area (Å²) in [5, 5.41) is 8.32. The number of amides is 1. The monoisotopic (exact) mass is 411 g/mol. The Bertz CT molecular complexity index is 1110. The molecule has 29 heavy (non-hydrogen) atoms. The fraction of sp³-hybridized carbons (Fsp3) is 0.200. The molecule has 0 saturated heterocycles. The number of anilines is 1. The van der Waals surface area contributed by atoms with Crippen molar-refractivity contribution in [3.8, 4) is 5.75 Å². The van der Waals surface area contributed by atoms with E-state index in [0.717, 1.165) is 6.42 Å². The quantitative estimate of drug-likeness (QED) is 0.438. The van der Waals surface area contributed by atoms with Crippen LogP contribution in [0.15, 0.2) is 53.3 Å². The number of carbonyl (C=O) groups excluding carboxylic acids is 1. The number of fused-ring (bicyclic) bond motifs is 1. The Labute approximate surface area is 172 Å². The lowest BCUT2D eigenvalue weighted by Gasteiger charge is -2.13. The van der Waals surface area contributed by atoms with Crippen LogP contribution in [0.4, 0.5) is 5.69 Å². The number of benzene rings is 2. The van der Waals surface area contributed by atoms with Crippen molar-refractivity contribution in [2.24, 2.45) is 0 Å². The van der Waals surface area contributed by atoms with Crippen molar-refractivity contribution >= 4 is 39.7 Å². The molecule has 0 aliphatic heterocycles. The van der Waals surface area contributed by atoms with Crippen LogP contribution >= 0.6 is 12.2 Å². The first-order chi connectivity index (χ1) is 14.0. The van der Waals surface area contributed by atoms with Gasteiger partial charge in [-0.2, -0.15) is 5.10 Å². The highest BCUT2D eigenvalue weighted by atomic mass is 32.1. The highest BCUT2D eigenvalue weighted by molar-refractivity contribution is 7.80. The number of methoxy groups -OCH3 is 1. The van der Waals surface area contributed by atoms with E-state index in [1.54, 1.807) is 37.4 Å². The van der Waals surface area contributed by atoms with E-state index < -0.39 is 5.91 Å². The summed E-state index contributed by atoms with van der Waals surface area (Å²) in [5.41, 5.74) is 5.81. The second-order valence-corrected chi connectivity index (χ2v) is 6.60. The van der Waals surface area contributed by atoms with Crippen molar-refractivity contribution in [2.75, 3.05) is 12.4 Å². The van der Waals surface area contributed by atoms with Gasteiger partial charge in [0.1, 0.15) is 5.75 Å². The number of thiocarbonyl (C=S) groups is 1. The fourth-order valence-corrected chi connectivity index (χ4v) is 2.97. The summed E-state index contributed by atoms with van der Waals surface area (Å²) < 4.78 is 6.47. The van der Waals surface area contributed by atoms with Gasteiger partial charge in [0.25, 0.3) is 11.5 Å². The molecule has 8 nitrogen and oxygen atoms in total. The van der Waals surface area contributed by atoms with Crippen molar-refractivity contribution in [2.45, 2.75) is 19.9 Å². The van der Waals surface area contributed by atoms with Gasteiger partial charge in [0.2, 0.25) is 0 Å². The third-order valence-electron chi connectivity index (χ3n) is 4.14. The first kappa shape index (κ1) is 20.3. The zero-order valence-electron chi connectivity index (χ0n) is 16.1. The average molecular weight is 411 g/mol. The SMILES string of the molecule is CCCn1nc(C(=O)NNC(=S)Nc2cccc(OC)c2)c2ccccc2c1=O. The van der Waals surface area contributed by atoms with Gasteiger partial charge in [0.15, 0.2) is 10.8 Å². The topological polar surface area (TPSA) is 97.3 Å². The van der Waals surface area contributed by atoms with Crippen LogP contribution in [0, 0.1) is 0 Å². The van der Waals surface area contributed by atoms with Crippen molar-refractivity contribution in [3.63, 3.8) is 0 Å². The number of ether oxygens (including phenoxy) is 1. The standard InChI is InChI=1S/C20H21N5O3S/c1-3-11-25-19(27)16-10-5-4-9-15(16)17(24-25)18(26)22-23-20(29)21-13-7-6-8-14(12-13)28-2/h4-10,12H,3,11H2,1-2H3,(H,22,26)(H2,21,23,29). The predicted molar refractivity (Wildman–Crippen MR) is 116 cm³/mol. The molecule has 0 saturated carbocycles. The summed E-state index contributed by atoms with van der Waals surface area (Å²) >= 11 is 5.21. The number of hydrazine groups is 1. The molecule has 0 radical (unpaired) electrons. The lowest BCUT2D eigenvalue weighted by molar-refractivity contribution is 0.0938. The van der Waals surface area contributed by atoms with Gasteiger partial charge in [-0.05, 0) is 36.8 Å². The molecule has 9 heteroatoms. The number of carbonyl (C=O) groups is 1. The van der Waals surface area contributed by atoms with Crippen molar-refractivity contribution in [1.82, 2.24) is 20.6 Å². The number of aryl methyl sites for hydroxylation is 1. The van der Waals surface area contributed by atoms with Gasteiger partial charge in [0.05, 0.1) is 12.5 Å². The lowest BCUT2D eigenvalue weighted by atomic mass is 10.1. The number of hydrogen-bond donors (Lipinski definition) is 3. The van der Waals surface area contributed by atoms with E-state index in [1.807, 2.05) is 25.1 Å². The minimum Gasteiger partial charge on any atom is -0.497 e. The summed E-state index contributed by atoms with van der Waals surface area (Å²) in [6.45, 7) is 2.36. The molecule has 0 spiro atoms. The second kappa shape index (κ2) is 9.16. The molecular formula is C20H21N5O3S. The van der Waals surface area contributed by atoms with Crippen molar-refractivity contribution in [3.05, 3.63) is 64.6 Å². The van der Waals surface area contributed by atoms with Crippen LogP contribution in [0.2, 0.25) is 0 Å². The highest BCUT2D eigenvalue weighted by Gasteiger charge is 2.16. The average Bonchev–Trinajstić information content (AvgIpc) is 2.74. The minimum absolute atomic E-state index is 0.144. The molecule has 0 aliphatic rings. The van der Waals surface area contributed by atoms with Gasteiger partial charge in [-0.1, -0.05) is 31.2 Å². The molecular weight excluding hydrogens is 390 g/mol. The molecule has 1 aromatic heterocycles. The Kier molecular flexibility index (Phi) is 6.40. The maximum Gasteiger partial charge on any atom is 0.290 e. The summed E-state index contributed by atoms with van der Waals surface area (Å²) in [5.74, 6) is 0.177. The normalized spacial score (nSPS) is 10.4. The molecule has 3 aromatic rings. The highest BCUT2D eigenvalue weighted by Crippen LogP contribution is 2.16. The van der Waals surface area contributed by atoms with Crippen LogP contribution in [-0.4, -0.2) is 27.9 Å². The number of nitrogens with zero attached hydrogens (tertiary/aromatic N) is 2. The Morgan fingerprint density at radius 2 is 1.90 bits per heavy atom. The van der Waals surface area contributed by atoms with E-state index in [4.69, 9.17) is 17.0 Å². The summed E-state index contributed by atoms with van der Waals surface area (Å²) in [6.07, 6.45) is 0.721. The molecule has 2 aromatic carbocycles. The first-order valence-corrected chi connectivity index (χ1v) is 9.45. The van der Waals surface area contributed by atoms with E-state index in [2.05, 4.69) is 21.3 Å². The molecule has 0 atom stereocenters. The van der Waals surface area contributed by atoms with Gasteiger partial charge in [0, 0.05) is 23.7 Å². The van der Waals surface area contributed by atoms with E-state index >= 15 is 0 Å². The van der Waals surface area contributed by atoms with Crippen molar-refractivity contribution < 1.29 is 9.53 Å². The largest absolute Gasteiger partial charge is 0.497 e. The molecule has 3 rings (SSSR count). The zero-order chi connectivity index (χ0) is 20.8. The first-order valence-electron chi connectivity index (χ1n) is 9.04. The van der Waals surface area contributed by atoms with E-state index in [9.17, 15) is 9.59 Å². The fourth-order valence-electron chi connectivity index (χ4n) is 2.80. The van der Waals surface area contributed by atoms with Crippen LogP contribution in [0.1, 0.15) is 23.8 Å². The molecule has 150 valence electrons. The molecule has 0 bridgehead atoms. The van der Waals surface area contributed by atoms with Crippen LogP contribution in [0.5, 0.6) is 5.75 Å². The number of nitrogens with one attached hydrogen (secondary N) is 3. The lowest BCUT2D eigenvalue weighted by Crippen LogP contribution is -2.44. The van der Waals surface area contributed by atoms with Crippen LogP contribution < -0.4 is 26.5 Å². The second-order valence-electron chi connectivity index (χ2n) is 6.19. The van der Waals surface area contributed by atoms with Gasteiger partial charge in [-0.15, -0.1) is 0 Å². The van der Waals surface area contributed by atoms with Gasteiger partial charge in [-0.3, -0.25) is 20.4 Å². The molecule has 1 amide bonds. The maximum atomic E-state index is 12.7. The van der Waals surface area contributed by atoms with E-state index in [-0.39, 0.29) is 16.4 Å². The third kappa shape index (κ3) is 4.69. The number of hydrogen-bond acceptors (Lipinski definition) is 5. The molecule has 3 N–H and O–H groups in total. The summed E-state index contributed by atoms with van der Waals surface area (Å²) in [6, 6.07) is 14.1. The number of rotatable bonds is 5. The Hall–Kier alpha value is -3.46. The molecule has 1 heterocycles. The van der Waals surface area contributed by atoms with E-state index in [0.29, 0.717) is 28.8 Å². The van der Waals surface area contributed by atoms with Crippen LogP contribution in [-0.2, 0) is 6.54 Å². The van der Waals surface area contributed by atoms with E-state index in [1.165, 1.54) is 4.68 Å². The minimum atomic E-state index is -0.499. The predicted octanol–water partition coefficient (Wildman–Crippen LogP) is 2.45. The van der Waals surface area contributed by atoms with Gasteiger partial charge >= 0.3 is 0 Å². The Morgan fingerprint density at radius 1 is 1.14 bits per heavy atom. The van der Waals surface area contributed by atoms with Gasteiger partial charge < -0.3 is 10.1 Å². The third-order valence-corrected chi connectivity index (χ3v) is 4.34.